The summed E-state index contributed by atoms with van der Waals surface area (Å²) in [7, 11) is -3.75. The lowest BCUT2D eigenvalue weighted by Gasteiger charge is -2.19. The first-order valence-corrected chi connectivity index (χ1v) is 11.4. The first kappa shape index (κ1) is 23.6. The highest BCUT2D eigenvalue weighted by atomic mass is 32.2. The third-order valence-corrected chi connectivity index (χ3v) is 6.66. The predicted molar refractivity (Wildman–Crippen MR) is 111 cm³/mol. The van der Waals surface area contributed by atoms with Crippen molar-refractivity contribution in [2.45, 2.75) is 30.5 Å². The molecule has 0 saturated heterocycles. The molecule has 0 radical (unpaired) electrons. The molecule has 0 N–H and O–H groups in total. The molecule has 0 fully saturated rings. The molecule has 4 aromatic rings. The molecule has 0 aromatic carbocycles. The average Bonchev–Trinajstić information content (AvgIpc) is 3.20. The average molecular weight is 498 g/mol. The van der Waals surface area contributed by atoms with Crippen LogP contribution in [0, 0.1) is 0 Å². The van der Waals surface area contributed by atoms with Gasteiger partial charge >= 0.3 is 12.1 Å². The van der Waals surface area contributed by atoms with Crippen LogP contribution < -0.4 is 0 Å². The van der Waals surface area contributed by atoms with Crippen molar-refractivity contribution >= 4 is 20.7 Å². The van der Waals surface area contributed by atoms with Gasteiger partial charge in [-0.15, -0.1) is 0 Å². The van der Waals surface area contributed by atoms with E-state index >= 15 is 0 Å². The van der Waals surface area contributed by atoms with Crippen LogP contribution >= 0.6 is 0 Å². The fourth-order valence-corrected chi connectivity index (χ4v) is 4.13. The predicted octanol–water partition coefficient (Wildman–Crippen LogP) is 3.94. The van der Waals surface area contributed by atoms with Gasteiger partial charge in [0.05, 0.1) is 34.3 Å². The summed E-state index contributed by atoms with van der Waals surface area (Å²) in [4.78, 5) is 16.5. The minimum absolute atomic E-state index is 0.0397. The van der Waals surface area contributed by atoms with Crippen LogP contribution in [0.3, 0.4) is 0 Å². The number of rotatable bonds is 6. The lowest BCUT2D eigenvalue weighted by molar-refractivity contribution is -0.287. The maximum Gasteiger partial charge on any atom is 0.455 e. The van der Waals surface area contributed by atoms with Gasteiger partial charge in [-0.1, -0.05) is 6.92 Å². The van der Waals surface area contributed by atoms with E-state index in [-0.39, 0.29) is 44.5 Å². The van der Waals surface area contributed by atoms with E-state index in [2.05, 4.69) is 25.0 Å². The van der Waals surface area contributed by atoms with Crippen LogP contribution in [0.5, 0.6) is 0 Å². The molecule has 34 heavy (non-hydrogen) atoms. The summed E-state index contributed by atoms with van der Waals surface area (Å²) >= 11 is 0. The quantitative estimate of drug-likeness (QED) is 0.371. The maximum absolute atomic E-state index is 13.5. The molecular formula is C20H15F5N6O2S. The third-order valence-electron chi connectivity index (χ3n) is 4.90. The number of nitrogens with zero attached hydrogens (tertiary/aromatic N) is 6. The molecule has 4 aromatic heterocycles. The second-order valence-corrected chi connectivity index (χ2v) is 9.40. The Morgan fingerprint density at radius 1 is 0.971 bits per heavy atom. The summed E-state index contributed by atoms with van der Waals surface area (Å²) in [5.41, 5.74) is 0.185. The zero-order chi connectivity index (χ0) is 24.7. The molecule has 178 valence electrons. The van der Waals surface area contributed by atoms with Crippen LogP contribution in [0.25, 0.3) is 33.8 Å². The molecule has 14 heteroatoms. The van der Waals surface area contributed by atoms with Gasteiger partial charge in [-0.25, -0.2) is 23.4 Å². The number of halogens is 5. The van der Waals surface area contributed by atoms with Gasteiger partial charge in [-0.3, -0.25) is 9.67 Å². The summed E-state index contributed by atoms with van der Waals surface area (Å²) in [6, 6.07) is 5.69. The second kappa shape index (κ2) is 8.34. The largest absolute Gasteiger partial charge is 0.455 e. The van der Waals surface area contributed by atoms with Crippen LogP contribution in [0.1, 0.15) is 6.92 Å². The monoisotopic (exact) mass is 498 g/mol. The molecule has 0 spiro atoms. The van der Waals surface area contributed by atoms with Gasteiger partial charge < -0.3 is 0 Å². The van der Waals surface area contributed by atoms with Gasteiger partial charge in [0.1, 0.15) is 17.9 Å². The Bertz CT molecular complexity index is 1460. The summed E-state index contributed by atoms with van der Waals surface area (Å²) in [5.74, 6) is -5.00. The van der Waals surface area contributed by atoms with E-state index in [1.807, 2.05) is 0 Å². The van der Waals surface area contributed by atoms with Gasteiger partial charge in [0.25, 0.3) is 0 Å². The van der Waals surface area contributed by atoms with Crippen molar-refractivity contribution in [2.75, 3.05) is 5.75 Å². The summed E-state index contributed by atoms with van der Waals surface area (Å²) in [6.07, 6.45) is -0.650. The van der Waals surface area contributed by atoms with Crippen molar-refractivity contribution in [3.63, 3.8) is 0 Å². The molecular weight excluding hydrogens is 483 g/mol. The number of alkyl halides is 5. The minimum atomic E-state index is -5.74. The number of sulfone groups is 1. The van der Waals surface area contributed by atoms with Crippen LogP contribution in [0.15, 0.2) is 53.9 Å². The lowest BCUT2D eigenvalue weighted by Crippen LogP contribution is -2.40. The van der Waals surface area contributed by atoms with Crippen LogP contribution in [0.4, 0.5) is 22.0 Å². The Hall–Kier alpha value is -3.55. The van der Waals surface area contributed by atoms with Gasteiger partial charge in [-0.2, -0.15) is 27.1 Å². The fourth-order valence-electron chi connectivity index (χ4n) is 3.10. The smallest absolute Gasteiger partial charge is 0.257 e. The Kier molecular flexibility index (Phi) is 5.79. The Morgan fingerprint density at radius 3 is 2.32 bits per heavy atom. The van der Waals surface area contributed by atoms with Crippen molar-refractivity contribution < 1.29 is 30.4 Å². The summed E-state index contributed by atoms with van der Waals surface area (Å²) < 4.78 is 90.6. The standard InChI is InChI=1S/C20H15F5N6O2S/c1-2-34(32,33)16-5-4-13(18-26-6-3-7-27-18)30-17(16)14-8-12-9-29-31(15(12)10-28-14)11-19(21,22)20(23,24)25/h3-10H,2,11H2,1H3. The molecule has 0 bridgehead atoms. The highest BCUT2D eigenvalue weighted by Crippen LogP contribution is 2.37. The molecule has 0 unspecified atom stereocenters. The van der Waals surface area contributed by atoms with Gasteiger partial charge in [0.15, 0.2) is 15.7 Å². The van der Waals surface area contributed by atoms with Crippen LogP contribution in [0.2, 0.25) is 0 Å². The molecule has 4 heterocycles. The number of fused-ring (bicyclic) bond motifs is 1. The number of hydrogen-bond acceptors (Lipinski definition) is 7. The first-order chi connectivity index (χ1) is 15.9. The molecule has 0 amide bonds. The van der Waals surface area contributed by atoms with Crippen molar-refractivity contribution in [1.82, 2.24) is 29.7 Å². The van der Waals surface area contributed by atoms with Crippen LogP contribution in [-0.4, -0.2) is 56.0 Å². The molecule has 4 rings (SSSR count). The number of hydrogen-bond donors (Lipinski definition) is 0. The Balaban J connectivity index is 1.83. The van der Waals surface area contributed by atoms with Gasteiger partial charge in [0, 0.05) is 17.8 Å². The maximum atomic E-state index is 13.5. The zero-order valence-electron chi connectivity index (χ0n) is 17.3. The van der Waals surface area contributed by atoms with E-state index < -0.39 is 28.5 Å². The van der Waals surface area contributed by atoms with Crippen molar-refractivity contribution in [2.24, 2.45) is 0 Å². The SMILES string of the molecule is CCS(=O)(=O)c1ccc(-c2ncccn2)nc1-c1cc2cnn(CC(F)(F)C(F)(F)F)c2cn1. The molecule has 0 aliphatic rings. The Labute approximate surface area is 189 Å². The summed E-state index contributed by atoms with van der Waals surface area (Å²) in [5, 5.41) is 3.79. The minimum Gasteiger partial charge on any atom is -0.257 e. The number of pyridine rings is 2. The lowest BCUT2D eigenvalue weighted by atomic mass is 10.2. The number of aromatic nitrogens is 6. The van der Waals surface area contributed by atoms with E-state index in [0.717, 1.165) is 12.4 Å². The second-order valence-electron chi connectivity index (χ2n) is 7.15. The van der Waals surface area contributed by atoms with Crippen molar-refractivity contribution in [3.8, 4) is 22.9 Å². The van der Waals surface area contributed by atoms with E-state index in [4.69, 9.17) is 0 Å². The fraction of sp³-hybridized carbons (Fsp3) is 0.250. The van der Waals surface area contributed by atoms with E-state index in [0.29, 0.717) is 4.68 Å². The van der Waals surface area contributed by atoms with Gasteiger partial charge in [-0.05, 0) is 24.3 Å². The highest BCUT2D eigenvalue weighted by molar-refractivity contribution is 7.91. The normalized spacial score (nSPS) is 12.9. The zero-order valence-corrected chi connectivity index (χ0v) is 18.1. The topological polar surface area (TPSA) is 104 Å². The van der Waals surface area contributed by atoms with E-state index in [1.165, 1.54) is 37.5 Å². The van der Waals surface area contributed by atoms with Crippen LogP contribution in [-0.2, 0) is 16.4 Å². The van der Waals surface area contributed by atoms with Crippen molar-refractivity contribution in [3.05, 3.63) is 49.1 Å². The molecule has 0 saturated carbocycles. The van der Waals surface area contributed by atoms with E-state index in [9.17, 15) is 30.4 Å². The summed E-state index contributed by atoms with van der Waals surface area (Å²) in [6.45, 7) is -0.273. The molecule has 0 aliphatic carbocycles. The Morgan fingerprint density at radius 2 is 1.68 bits per heavy atom. The third kappa shape index (κ3) is 4.32. The van der Waals surface area contributed by atoms with E-state index in [1.54, 1.807) is 6.07 Å². The van der Waals surface area contributed by atoms with Gasteiger partial charge in [0.2, 0.25) is 0 Å². The molecule has 0 aliphatic heterocycles. The van der Waals surface area contributed by atoms with Crippen molar-refractivity contribution in [1.29, 1.82) is 0 Å². The molecule has 8 nitrogen and oxygen atoms in total. The molecule has 0 atom stereocenters. The first-order valence-electron chi connectivity index (χ1n) is 9.70. The highest BCUT2D eigenvalue weighted by Gasteiger charge is 2.57.